The van der Waals surface area contributed by atoms with Gasteiger partial charge in [0.05, 0.1) is 7.11 Å². The van der Waals surface area contributed by atoms with Crippen molar-refractivity contribution < 1.29 is 13.9 Å². The van der Waals surface area contributed by atoms with Gasteiger partial charge in [-0.2, -0.15) is 0 Å². The quantitative estimate of drug-likeness (QED) is 0.690. The Morgan fingerprint density at radius 3 is 3.00 bits per heavy atom. The number of methoxy groups -OCH3 is 1. The fraction of sp³-hybridized carbons (Fsp3) is 0.222. The maximum atomic E-state index is 13.3. The van der Waals surface area contributed by atoms with Crippen molar-refractivity contribution in [1.82, 2.24) is 0 Å². The number of fused-ring (bicyclic) bond motifs is 1. The molecule has 0 N–H and O–H groups in total. The largest absolute Gasteiger partial charge is 0.497 e. The van der Waals surface area contributed by atoms with Crippen LogP contribution in [0.4, 0.5) is 4.39 Å². The minimum Gasteiger partial charge on any atom is -0.497 e. The molecule has 1 aliphatic rings. The molecule has 1 heterocycles. The van der Waals surface area contributed by atoms with Gasteiger partial charge in [-0.3, -0.25) is 4.79 Å². The first-order valence-electron chi connectivity index (χ1n) is 3.78. The van der Waals surface area contributed by atoms with Crippen molar-refractivity contribution >= 4 is 16.9 Å². The zero-order valence-corrected chi connectivity index (χ0v) is 7.78. The van der Waals surface area contributed by atoms with Crippen molar-refractivity contribution in [3.8, 4) is 5.75 Å². The Balaban J connectivity index is 2.52. The minimum atomic E-state index is -0.354. The van der Waals surface area contributed by atoms with Crippen molar-refractivity contribution in [2.75, 3.05) is 7.11 Å². The Kier molecular flexibility index (Phi) is 2.00. The molecule has 0 unspecified atom stereocenters. The predicted octanol–water partition coefficient (Wildman–Crippen LogP) is 2.01. The van der Waals surface area contributed by atoms with Crippen LogP contribution in [-0.2, 0) is 11.2 Å². The minimum absolute atomic E-state index is 0.0119. The van der Waals surface area contributed by atoms with Gasteiger partial charge in [-0.25, -0.2) is 4.39 Å². The van der Waals surface area contributed by atoms with Crippen LogP contribution in [0.3, 0.4) is 0 Å². The second-order valence-electron chi connectivity index (χ2n) is 2.74. The molecule has 0 atom stereocenters. The summed E-state index contributed by atoms with van der Waals surface area (Å²) in [5.41, 5.74) is 0.496. The molecule has 0 fully saturated rings. The summed E-state index contributed by atoms with van der Waals surface area (Å²) < 4.78 is 18.2. The van der Waals surface area contributed by atoms with Crippen molar-refractivity contribution in [2.45, 2.75) is 11.3 Å². The maximum absolute atomic E-state index is 13.3. The molecule has 0 bridgehead atoms. The highest BCUT2D eigenvalue weighted by Gasteiger charge is 2.23. The summed E-state index contributed by atoms with van der Waals surface area (Å²) >= 11 is 1.08. The van der Waals surface area contributed by atoms with Crippen molar-refractivity contribution in [2.24, 2.45) is 0 Å². The van der Waals surface area contributed by atoms with Gasteiger partial charge in [0.1, 0.15) is 11.6 Å². The standard InChI is InChI=1S/C9H7FO2S/c1-12-5-2-7(10)6-4-9(11)13-8(6)3-5/h2-3H,4H2,1H3. The molecule has 4 heteroatoms. The lowest BCUT2D eigenvalue weighted by Gasteiger charge is -2.03. The fourth-order valence-electron chi connectivity index (χ4n) is 1.27. The monoisotopic (exact) mass is 198 g/mol. The number of carbonyl (C=O) groups excluding carboxylic acids is 1. The lowest BCUT2D eigenvalue weighted by atomic mass is 10.1. The Bertz CT molecular complexity index is 376. The molecule has 2 rings (SSSR count). The van der Waals surface area contributed by atoms with E-state index in [1.807, 2.05) is 0 Å². The topological polar surface area (TPSA) is 26.3 Å². The van der Waals surface area contributed by atoms with Gasteiger partial charge in [-0.05, 0) is 6.07 Å². The Hall–Kier alpha value is -1.03. The van der Waals surface area contributed by atoms with Gasteiger partial charge in [0, 0.05) is 22.9 Å². The van der Waals surface area contributed by atoms with E-state index in [-0.39, 0.29) is 17.4 Å². The van der Waals surface area contributed by atoms with Gasteiger partial charge in [-0.15, -0.1) is 0 Å². The number of hydrogen-bond acceptors (Lipinski definition) is 3. The van der Waals surface area contributed by atoms with Crippen LogP contribution in [0.15, 0.2) is 17.0 Å². The zero-order chi connectivity index (χ0) is 9.42. The van der Waals surface area contributed by atoms with Gasteiger partial charge in [0.2, 0.25) is 0 Å². The molecule has 1 aromatic carbocycles. The highest BCUT2D eigenvalue weighted by molar-refractivity contribution is 8.14. The van der Waals surface area contributed by atoms with Crippen LogP contribution in [0.1, 0.15) is 5.56 Å². The Morgan fingerprint density at radius 1 is 1.54 bits per heavy atom. The van der Waals surface area contributed by atoms with E-state index in [0.717, 1.165) is 11.8 Å². The molecule has 68 valence electrons. The highest BCUT2D eigenvalue weighted by atomic mass is 32.2. The predicted molar refractivity (Wildman–Crippen MR) is 47.5 cm³/mol. The van der Waals surface area contributed by atoms with Crippen LogP contribution in [0, 0.1) is 5.82 Å². The van der Waals surface area contributed by atoms with E-state index in [0.29, 0.717) is 16.2 Å². The summed E-state index contributed by atoms with van der Waals surface area (Å²) in [4.78, 5) is 11.7. The molecule has 0 radical (unpaired) electrons. The van der Waals surface area contributed by atoms with Crippen LogP contribution in [0.2, 0.25) is 0 Å². The SMILES string of the molecule is COc1cc(F)c2c(c1)SC(=O)C2. The second kappa shape index (κ2) is 3.03. The molecular formula is C9H7FO2S. The number of halogens is 1. The maximum Gasteiger partial charge on any atom is 0.198 e. The van der Waals surface area contributed by atoms with E-state index in [9.17, 15) is 9.18 Å². The third-order valence-corrected chi connectivity index (χ3v) is 2.86. The van der Waals surface area contributed by atoms with Gasteiger partial charge < -0.3 is 4.74 Å². The number of hydrogen-bond donors (Lipinski definition) is 0. The second-order valence-corrected chi connectivity index (χ2v) is 3.84. The molecule has 1 aliphatic heterocycles. The molecule has 0 saturated heterocycles. The molecule has 0 aromatic heterocycles. The first kappa shape index (κ1) is 8.56. The van der Waals surface area contributed by atoms with Crippen LogP contribution in [-0.4, -0.2) is 12.2 Å². The third-order valence-electron chi connectivity index (χ3n) is 1.91. The average molecular weight is 198 g/mol. The van der Waals surface area contributed by atoms with E-state index < -0.39 is 0 Å². The number of carbonyl (C=O) groups is 1. The molecule has 0 spiro atoms. The molecular weight excluding hydrogens is 191 g/mol. The summed E-state index contributed by atoms with van der Waals surface area (Å²) in [5, 5.41) is -0.0119. The number of thioether (sulfide) groups is 1. The van der Waals surface area contributed by atoms with Gasteiger partial charge in [-0.1, -0.05) is 11.8 Å². The molecule has 0 saturated carbocycles. The lowest BCUT2D eigenvalue weighted by molar-refractivity contribution is -0.110. The number of benzene rings is 1. The number of rotatable bonds is 1. The Morgan fingerprint density at radius 2 is 2.31 bits per heavy atom. The summed E-state index contributed by atoms with van der Waals surface area (Å²) in [5.74, 6) is 0.103. The third kappa shape index (κ3) is 1.42. The molecule has 0 amide bonds. The zero-order valence-electron chi connectivity index (χ0n) is 6.96. The fourth-order valence-corrected chi connectivity index (χ4v) is 2.20. The van der Waals surface area contributed by atoms with Crippen LogP contribution in [0.25, 0.3) is 0 Å². The van der Waals surface area contributed by atoms with E-state index in [4.69, 9.17) is 4.74 Å². The normalized spacial score (nSPS) is 14.5. The molecule has 1 aromatic rings. The molecule has 13 heavy (non-hydrogen) atoms. The summed E-state index contributed by atoms with van der Waals surface area (Å²) in [6.45, 7) is 0. The molecule has 2 nitrogen and oxygen atoms in total. The van der Waals surface area contributed by atoms with Crippen molar-refractivity contribution in [3.05, 3.63) is 23.5 Å². The first-order chi connectivity index (χ1) is 6.20. The summed E-state index contributed by atoms with van der Waals surface area (Å²) in [6, 6.07) is 2.99. The average Bonchev–Trinajstić information content (AvgIpc) is 2.46. The van der Waals surface area contributed by atoms with Crippen molar-refractivity contribution in [1.29, 1.82) is 0 Å². The first-order valence-corrected chi connectivity index (χ1v) is 4.59. The number of ether oxygens (including phenoxy) is 1. The summed E-state index contributed by atoms with van der Waals surface area (Å²) in [6.07, 6.45) is 0.190. The van der Waals surface area contributed by atoms with E-state index in [2.05, 4.69) is 0 Å². The Labute approximate surface area is 79.1 Å². The van der Waals surface area contributed by atoms with Gasteiger partial charge in [0.25, 0.3) is 0 Å². The van der Waals surface area contributed by atoms with Crippen LogP contribution < -0.4 is 4.74 Å². The van der Waals surface area contributed by atoms with Crippen molar-refractivity contribution in [3.63, 3.8) is 0 Å². The molecule has 0 aliphatic carbocycles. The lowest BCUT2D eigenvalue weighted by Crippen LogP contribution is -1.92. The van der Waals surface area contributed by atoms with Crippen LogP contribution >= 0.6 is 11.8 Å². The van der Waals surface area contributed by atoms with Gasteiger partial charge >= 0.3 is 0 Å². The van der Waals surface area contributed by atoms with E-state index in [1.54, 1.807) is 6.07 Å². The van der Waals surface area contributed by atoms with E-state index in [1.165, 1.54) is 13.2 Å². The smallest absolute Gasteiger partial charge is 0.198 e. The summed E-state index contributed by atoms with van der Waals surface area (Å²) in [7, 11) is 1.47. The van der Waals surface area contributed by atoms with Crippen LogP contribution in [0.5, 0.6) is 5.75 Å². The van der Waals surface area contributed by atoms with Gasteiger partial charge in [0.15, 0.2) is 5.12 Å². The van der Waals surface area contributed by atoms with E-state index >= 15 is 0 Å². The highest BCUT2D eigenvalue weighted by Crippen LogP contribution is 2.36.